The monoisotopic (exact) mass is 338 g/mol. The third-order valence-corrected chi connectivity index (χ3v) is 4.08. The molecule has 1 heterocycles. The van der Waals surface area contributed by atoms with Crippen LogP contribution in [0.1, 0.15) is 59.8 Å². The van der Waals surface area contributed by atoms with Crippen molar-refractivity contribution >= 4 is 17.4 Å². The summed E-state index contributed by atoms with van der Waals surface area (Å²) in [5.41, 5.74) is 5.07. The van der Waals surface area contributed by atoms with Gasteiger partial charge in [0.15, 0.2) is 5.69 Å². The summed E-state index contributed by atoms with van der Waals surface area (Å²) in [6.45, 7) is 8.62. The maximum absolute atomic E-state index is 12.8. The quantitative estimate of drug-likeness (QED) is 0.720. The number of hydrogen-bond acceptors (Lipinski definition) is 4. The molecule has 24 heavy (non-hydrogen) atoms. The van der Waals surface area contributed by atoms with Gasteiger partial charge < -0.3 is 10.6 Å². The molecule has 1 amide bonds. The van der Waals surface area contributed by atoms with E-state index in [1.807, 2.05) is 27.7 Å². The van der Waals surface area contributed by atoms with E-state index >= 15 is 0 Å². The van der Waals surface area contributed by atoms with Crippen molar-refractivity contribution in [3.8, 4) is 0 Å². The highest BCUT2D eigenvalue weighted by Gasteiger charge is 2.26. The topological polar surface area (TPSA) is 101 Å². The van der Waals surface area contributed by atoms with Gasteiger partial charge in [0, 0.05) is 19.0 Å². The van der Waals surface area contributed by atoms with Crippen LogP contribution >= 0.6 is 0 Å². The molecule has 0 fully saturated rings. The lowest BCUT2D eigenvalue weighted by Crippen LogP contribution is -2.43. The maximum Gasteiger partial charge on any atom is 0.330 e. The number of amides is 1. The van der Waals surface area contributed by atoms with Gasteiger partial charge in [-0.15, -0.1) is 0 Å². The summed E-state index contributed by atoms with van der Waals surface area (Å²) in [7, 11) is 0. The molecule has 0 aliphatic carbocycles. The lowest BCUT2D eigenvalue weighted by Gasteiger charge is -2.27. The Morgan fingerprint density at radius 2 is 1.88 bits per heavy atom. The minimum absolute atomic E-state index is 0.0683. The van der Waals surface area contributed by atoms with Crippen LogP contribution in [0.2, 0.25) is 0 Å². The summed E-state index contributed by atoms with van der Waals surface area (Å²) < 4.78 is 1.33. The van der Waals surface area contributed by atoms with Crippen molar-refractivity contribution in [1.82, 2.24) is 9.55 Å². The molecular weight excluding hydrogens is 308 g/mol. The molecule has 0 saturated carbocycles. The fourth-order valence-corrected chi connectivity index (χ4v) is 2.75. The molecule has 7 heteroatoms. The summed E-state index contributed by atoms with van der Waals surface area (Å²) in [5.74, 6) is -0.250. The number of rotatable bonds is 9. The van der Waals surface area contributed by atoms with E-state index in [2.05, 4.69) is 4.98 Å². The number of nitrogen functional groups attached to an aromatic ring is 1. The Labute approximate surface area is 142 Å². The molecule has 0 aliphatic rings. The lowest BCUT2D eigenvalue weighted by molar-refractivity contribution is -0.122. The third kappa shape index (κ3) is 4.49. The van der Waals surface area contributed by atoms with Crippen molar-refractivity contribution in [3.63, 3.8) is 0 Å². The number of nitrogens with one attached hydrogen (secondary N) is 1. The average molecular weight is 338 g/mol. The third-order valence-electron chi connectivity index (χ3n) is 4.08. The number of aromatic amines is 1. The highest BCUT2D eigenvalue weighted by molar-refractivity contribution is 5.96. The molecule has 0 spiro atoms. The first-order valence-electron chi connectivity index (χ1n) is 8.82. The van der Waals surface area contributed by atoms with E-state index in [0.717, 1.165) is 25.7 Å². The molecule has 0 saturated heterocycles. The molecule has 1 aromatic heterocycles. The molecule has 0 radical (unpaired) electrons. The van der Waals surface area contributed by atoms with Gasteiger partial charge >= 0.3 is 5.69 Å². The Morgan fingerprint density at radius 3 is 2.42 bits per heavy atom. The van der Waals surface area contributed by atoms with Crippen LogP contribution in [0.4, 0.5) is 11.5 Å². The number of anilines is 2. The van der Waals surface area contributed by atoms with Crippen LogP contribution in [0.25, 0.3) is 0 Å². The van der Waals surface area contributed by atoms with E-state index in [0.29, 0.717) is 19.5 Å². The van der Waals surface area contributed by atoms with Crippen molar-refractivity contribution < 1.29 is 4.79 Å². The number of nitrogens with two attached hydrogens (primary N) is 1. The molecule has 3 N–H and O–H groups in total. The Kier molecular flexibility index (Phi) is 7.74. The average Bonchev–Trinajstić information content (AvgIpc) is 2.53. The molecule has 1 aromatic rings. The Bertz CT molecular complexity index is 663. The first-order chi connectivity index (χ1) is 11.4. The van der Waals surface area contributed by atoms with Crippen molar-refractivity contribution in [3.05, 3.63) is 20.8 Å². The van der Waals surface area contributed by atoms with Gasteiger partial charge in [0.25, 0.3) is 5.56 Å². The molecule has 0 unspecified atom stereocenters. The minimum Gasteiger partial charge on any atom is -0.383 e. The largest absolute Gasteiger partial charge is 0.383 e. The maximum atomic E-state index is 12.8. The van der Waals surface area contributed by atoms with E-state index in [9.17, 15) is 14.4 Å². The number of unbranched alkanes of at least 4 members (excludes halogenated alkanes) is 1. The predicted molar refractivity (Wildman–Crippen MR) is 97.4 cm³/mol. The zero-order valence-corrected chi connectivity index (χ0v) is 15.2. The zero-order valence-electron chi connectivity index (χ0n) is 15.2. The number of nitrogens with zero attached hydrogens (tertiary/aromatic N) is 2. The molecule has 1 atom stereocenters. The standard InChI is InChI=1S/C17H30N4O3/c1-5-8-11-20(16(23)12(4)9-6-2)13-14(18)21(10-7-3)17(24)19-15(13)22/h12H,5-11,18H2,1-4H3,(H,19,22,24)/t12-/m1/s1. The second kappa shape index (κ2) is 9.30. The number of H-pyrrole nitrogens is 1. The number of aromatic nitrogens is 2. The predicted octanol–water partition coefficient (Wildman–Crippen LogP) is 2.10. The first-order valence-corrected chi connectivity index (χ1v) is 8.82. The molecule has 7 nitrogen and oxygen atoms in total. The number of carbonyl (C=O) groups is 1. The fourth-order valence-electron chi connectivity index (χ4n) is 2.75. The molecule has 136 valence electrons. The lowest BCUT2D eigenvalue weighted by atomic mass is 10.0. The van der Waals surface area contributed by atoms with Crippen LogP contribution < -0.4 is 21.9 Å². The van der Waals surface area contributed by atoms with Gasteiger partial charge in [-0.25, -0.2) is 4.79 Å². The van der Waals surface area contributed by atoms with E-state index < -0.39 is 11.2 Å². The van der Waals surface area contributed by atoms with E-state index in [-0.39, 0.29) is 23.3 Å². The van der Waals surface area contributed by atoms with Crippen LogP contribution in [0.5, 0.6) is 0 Å². The van der Waals surface area contributed by atoms with Crippen LogP contribution in [0.15, 0.2) is 9.59 Å². The number of hydrogen-bond donors (Lipinski definition) is 2. The van der Waals surface area contributed by atoms with Crippen LogP contribution in [0.3, 0.4) is 0 Å². The van der Waals surface area contributed by atoms with Gasteiger partial charge in [-0.2, -0.15) is 0 Å². The summed E-state index contributed by atoms with van der Waals surface area (Å²) >= 11 is 0. The van der Waals surface area contributed by atoms with Gasteiger partial charge in [0.2, 0.25) is 5.91 Å². The van der Waals surface area contributed by atoms with Crippen LogP contribution in [-0.4, -0.2) is 22.0 Å². The van der Waals surface area contributed by atoms with E-state index in [4.69, 9.17) is 5.73 Å². The SMILES string of the molecule is CCCCN(C(=O)[C@H](C)CCC)c1c(N)n(CCC)c(=O)[nH]c1=O. The van der Waals surface area contributed by atoms with Gasteiger partial charge in [-0.3, -0.25) is 19.1 Å². The second-order valence-corrected chi connectivity index (χ2v) is 6.18. The summed E-state index contributed by atoms with van der Waals surface area (Å²) in [4.78, 5) is 40.9. The summed E-state index contributed by atoms with van der Waals surface area (Å²) in [6.07, 6.45) is 3.98. The highest BCUT2D eigenvalue weighted by Crippen LogP contribution is 2.21. The smallest absolute Gasteiger partial charge is 0.330 e. The van der Waals surface area contributed by atoms with Gasteiger partial charge in [0.05, 0.1) is 0 Å². The van der Waals surface area contributed by atoms with Gasteiger partial charge in [-0.05, 0) is 19.3 Å². The summed E-state index contributed by atoms with van der Waals surface area (Å²) in [6, 6.07) is 0. The molecule has 1 rings (SSSR count). The Hall–Kier alpha value is -2.05. The Morgan fingerprint density at radius 1 is 1.21 bits per heavy atom. The van der Waals surface area contributed by atoms with Crippen LogP contribution in [-0.2, 0) is 11.3 Å². The molecule has 0 aliphatic heterocycles. The van der Waals surface area contributed by atoms with Crippen molar-refractivity contribution in [2.75, 3.05) is 17.2 Å². The van der Waals surface area contributed by atoms with E-state index in [1.54, 1.807) is 0 Å². The molecular formula is C17H30N4O3. The van der Waals surface area contributed by atoms with Crippen molar-refractivity contribution in [2.24, 2.45) is 5.92 Å². The van der Waals surface area contributed by atoms with E-state index in [1.165, 1.54) is 9.47 Å². The highest BCUT2D eigenvalue weighted by atomic mass is 16.2. The van der Waals surface area contributed by atoms with Gasteiger partial charge in [0.1, 0.15) is 5.82 Å². The zero-order chi connectivity index (χ0) is 18.3. The fraction of sp³-hybridized carbons (Fsp3) is 0.706. The van der Waals surface area contributed by atoms with Gasteiger partial charge in [-0.1, -0.05) is 40.5 Å². The normalized spacial score (nSPS) is 12.2. The first kappa shape index (κ1) is 20.0. The second-order valence-electron chi connectivity index (χ2n) is 6.18. The van der Waals surface area contributed by atoms with Crippen molar-refractivity contribution in [1.29, 1.82) is 0 Å². The van der Waals surface area contributed by atoms with Crippen molar-refractivity contribution in [2.45, 2.75) is 66.3 Å². The molecule has 0 aromatic carbocycles. The molecule has 0 bridgehead atoms. The van der Waals surface area contributed by atoms with Crippen LogP contribution in [0, 0.1) is 5.92 Å². The number of carbonyl (C=O) groups excluding carboxylic acids is 1. The Balaban J connectivity index is 3.42. The summed E-state index contributed by atoms with van der Waals surface area (Å²) in [5, 5.41) is 0. The minimum atomic E-state index is -0.599.